The Morgan fingerprint density at radius 2 is 1.85 bits per heavy atom. The summed E-state index contributed by atoms with van der Waals surface area (Å²) in [6.45, 7) is 7.49. The van der Waals surface area contributed by atoms with Crippen LogP contribution in [0.1, 0.15) is 35.4 Å². The lowest BCUT2D eigenvalue weighted by Crippen LogP contribution is -2.44. The van der Waals surface area contributed by atoms with Crippen LogP contribution in [-0.4, -0.2) is 78.2 Å². The number of likely N-dealkylation sites (N-methyl/N-ethyl adjacent to an activating group) is 1. The number of nitrogens with one attached hydrogen (secondary N) is 2. The summed E-state index contributed by atoms with van der Waals surface area (Å²) in [5.74, 6) is 0.325. The van der Waals surface area contributed by atoms with Crippen molar-refractivity contribution in [1.29, 1.82) is 0 Å². The van der Waals surface area contributed by atoms with Crippen molar-refractivity contribution in [2.45, 2.75) is 32.2 Å². The van der Waals surface area contributed by atoms with Crippen LogP contribution in [-0.2, 0) is 4.74 Å². The number of amides is 1. The highest BCUT2D eigenvalue weighted by Gasteiger charge is 2.51. The van der Waals surface area contributed by atoms with Gasteiger partial charge in [0.1, 0.15) is 5.69 Å². The number of rotatable bonds is 7. The third kappa shape index (κ3) is 5.39. The van der Waals surface area contributed by atoms with Gasteiger partial charge in [0.2, 0.25) is 0 Å². The van der Waals surface area contributed by atoms with Crippen LogP contribution in [0, 0.1) is 12.3 Å². The summed E-state index contributed by atoms with van der Waals surface area (Å²) in [5, 5.41) is 7.01. The van der Waals surface area contributed by atoms with Crippen LogP contribution in [0.4, 0.5) is 23.0 Å². The van der Waals surface area contributed by atoms with Crippen molar-refractivity contribution >= 4 is 28.9 Å². The molecule has 204 valence electrons. The average molecular weight is 529 g/mol. The Labute approximate surface area is 229 Å². The molecule has 1 amide bonds. The number of nitrogens with two attached hydrogens (primary N) is 1. The number of anilines is 4. The molecule has 4 heterocycles. The molecule has 3 aromatic rings. The minimum atomic E-state index is -0.637. The van der Waals surface area contributed by atoms with Gasteiger partial charge in [-0.25, -0.2) is 9.97 Å². The quantitative estimate of drug-likeness (QED) is 0.423. The summed E-state index contributed by atoms with van der Waals surface area (Å²) in [6, 6.07) is 12.2. The van der Waals surface area contributed by atoms with Crippen molar-refractivity contribution < 1.29 is 9.53 Å². The van der Waals surface area contributed by atoms with Crippen LogP contribution in [0.25, 0.3) is 11.3 Å². The number of pyridine rings is 1. The van der Waals surface area contributed by atoms with E-state index in [-0.39, 0.29) is 17.2 Å². The molecule has 0 radical (unpaired) electrons. The van der Waals surface area contributed by atoms with Gasteiger partial charge in [0, 0.05) is 73.1 Å². The predicted molar refractivity (Wildman–Crippen MR) is 152 cm³/mol. The largest absolute Gasteiger partial charge is 0.381 e. The fraction of sp³-hybridized carbons (Fsp3) is 0.448. The number of aromatic nitrogens is 3. The number of carbonyl (C=O) groups is 1. The number of hydrogen-bond acceptors (Lipinski definition) is 9. The summed E-state index contributed by atoms with van der Waals surface area (Å²) >= 11 is 0. The first-order valence-corrected chi connectivity index (χ1v) is 13.7. The van der Waals surface area contributed by atoms with E-state index in [0.717, 1.165) is 69.0 Å². The first kappa shape index (κ1) is 25.5. The molecule has 10 nitrogen and oxygen atoms in total. The normalized spacial score (nSPS) is 20.6. The summed E-state index contributed by atoms with van der Waals surface area (Å²) in [7, 11) is 2.15. The van der Waals surface area contributed by atoms with E-state index in [0.29, 0.717) is 23.9 Å². The van der Waals surface area contributed by atoms with E-state index in [1.54, 1.807) is 6.20 Å². The Balaban J connectivity index is 1.33. The van der Waals surface area contributed by atoms with E-state index < -0.39 is 5.91 Å². The van der Waals surface area contributed by atoms with E-state index in [4.69, 9.17) is 20.4 Å². The van der Waals surface area contributed by atoms with E-state index in [2.05, 4.69) is 44.6 Å². The standard InChI is InChI=1S/C29H36N8O2/c1-19-17-20(7-11-31-19)24-27(33-23-8-16-39-18-29(23)9-10-29)35-28(25(34-24)26(30)38)32-21-3-5-22(6-4-21)37-14-12-36(2)13-15-37/h3-7,11,17,23H,8-10,12-16,18H2,1-2H3,(H2,30,38)(H2,32,33,35). The molecule has 39 heavy (non-hydrogen) atoms. The van der Waals surface area contributed by atoms with Crippen LogP contribution in [0.5, 0.6) is 0 Å². The Hall–Kier alpha value is -3.76. The topological polar surface area (TPSA) is 122 Å². The second-order valence-corrected chi connectivity index (χ2v) is 11.0. The molecule has 3 fully saturated rings. The molecule has 1 spiro atoms. The fourth-order valence-electron chi connectivity index (χ4n) is 5.57. The minimum Gasteiger partial charge on any atom is -0.381 e. The number of hydrogen-bond donors (Lipinski definition) is 3. The minimum absolute atomic E-state index is 0.0984. The van der Waals surface area contributed by atoms with E-state index in [1.807, 2.05) is 31.2 Å². The molecule has 1 aliphatic carbocycles. The van der Waals surface area contributed by atoms with Crippen molar-refractivity contribution in [3.63, 3.8) is 0 Å². The van der Waals surface area contributed by atoms with Gasteiger partial charge in [0.05, 0.1) is 6.61 Å². The zero-order chi connectivity index (χ0) is 27.0. The first-order valence-electron chi connectivity index (χ1n) is 13.7. The zero-order valence-electron chi connectivity index (χ0n) is 22.6. The van der Waals surface area contributed by atoms with Crippen molar-refractivity contribution in [2.24, 2.45) is 11.1 Å². The van der Waals surface area contributed by atoms with Gasteiger partial charge in [-0.2, -0.15) is 0 Å². The van der Waals surface area contributed by atoms with E-state index in [1.165, 1.54) is 5.69 Å². The van der Waals surface area contributed by atoms with Gasteiger partial charge in [0.25, 0.3) is 5.91 Å². The SMILES string of the molecule is Cc1cc(-c2nc(C(N)=O)c(Nc3ccc(N4CCN(C)CC4)cc3)nc2NC2CCOCC23CC3)ccn1. The average Bonchev–Trinajstić information content (AvgIpc) is 3.71. The molecule has 4 N–H and O–H groups in total. The third-order valence-electron chi connectivity index (χ3n) is 8.18. The maximum Gasteiger partial charge on any atom is 0.271 e. The van der Waals surface area contributed by atoms with Crippen molar-refractivity contribution in [2.75, 3.05) is 62.0 Å². The second-order valence-electron chi connectivity index (χ2n) is 11.0. The summed E-state index contributed by atoms with van der Waals surface area (Å²) < 4.78 is 5.79. The van der Waals surface area contributed by atoms with Crippen LogP contribution in [0.3, 0.4) is 0 Å². The van der Waals surface area contributed by atoms with E-state index >= 15 is 0 Å². The lowest BCUT2D eigenvalue weighted by Gasteiger charge is -2.34. The molecule has 2 aliphatic heterocycles. The lowest BCUT2D eigenvalue weighted by atomic mass is 9.92. The first-order chi connectivity index (χ1) is 18.9. The lowest BCUT2D eigenvalue weighted by molar-refractivity contribution is 0.0351. The number of carbonyl (C=O) groups excluding carboxylic acids is 1. The van der Waals surface area contributed by atoms with Crippen LogP contribution < -0.4 is 21.3 Å². The van der Waals surface area contributed by atoms with Gasteiger partial charge in [-0.15, -0.1) is 0 Å². The van der Waals surface area contributed by atoms with Gasteiger partial charge in [-0.1, -0.05) is 0 Å². The van der Waals surface area contributed by atoms with Gasteiger partial charge >= 0.3 is 0 Å². The number of aryl methyl sites for hydroxylation is 1. The Kier molecular flexibility index (Phi) is 6.82. The molecule has 2 aromatic heterocycles. The molecule has 1 aromatic carbocycles. The van der Waals surface area contributed by atoms with E-state index in [9.17, 15) is 4.79 Å². The van der Waals surface area contributed by atoms with Crippen LogP contribution in [0.2, 0.25) is 0 Å². The van der Waals surface area contributed by atoms with Crippen molar-refractivity contribution in [3.8, 4) is 11.3 Å². The molecule has 3 aliphatic rings. The molecule has 6 rings (SSSR count). The smallest absolute Gasteiger partial charge is 0.271 e. The molecule has 10 heteroatoms. The third-order valence-corrected chi connectivity index (χ3v) is 8.18. The van der Waals surface area contributed by atoms with Gasteiger partial charge in [-0.05, 0) is 69.6 Å². The maximum atomic E-state index is 12.6. The highest BCUT2D eigenvalue weighted by Crippen LogP contribution is 2.52. The van der Waals surface area contributed by atoms with Crippen LogP contribution >= 0.6 is 0 Å². The number of nitrogens with zero attached hydrogens (tertiary/aromatic N) is 5. The maximum absolute atomic E-state index is 12.6. The van der Waals surface area contributed by atoms with Gasteiger partial charge in [-0.3, -0.25) is 9.78 Å². The summed E-state index contributed by atoms with van der Waals surface area (Å²) in [4.78, 5) is 31.3. The monoisotopic (exact) mass is 528 g/mol. The molecular formula is C29H36N8O2. The van der Waals surface area contributed by atoms with Gasteiger partial charge < -0.3 is 30.9 Å². The number of primary amides is 1. The highest BCUT2D eigenvalue weighted by atomic mass is 16.5. The Morgan fingerprint density at radius 1 is 1.08 bits per heavy atom. The van der Waals surface area contributed by atoms with Crippen LogP contribution in [0.15, 0.2) is 42.6 Å². The zero-order valence-corrected chi connectivity index (χ0v) is 22.6. The van der Waals surface area contributed by atoms with Gasteiger partial charge in [0.15, 0.2) is 17.3 Å². The summed E-state index contributed by atoms with van der Waals surface area (Å²) in [5.41, 5.74) is 10.3. The number of piperazine rings is 1. The Morgan fingerprint density at radius 3 is 2.54 bits per heavy atom. The van der Waals surface area contributed by atoms with Crippen molar-refractivity contribution in [3.05, 3.63) is 54.0 Å². The van der Waals surface area contributed by atoms with Crippen molar-refractivity contribution in [1.82, 2.24) is 19.9 Å². The fourth-order valence-corrected chi connectivity index (χ4v) is 5.57. The molecular weight excluding hydrogens is 492 g/mol. The molecule has 2 saturated heterocycles. The number of ether oxygens (including phenoxy) is 1. The molecule has 1 saturated carbocycles. The molecule has 1 atom stereocenters. The Bertz CT molecular complexity index is 1350. The molecule has 0 bridgehead atoms. The second kappa shape index (κ2) is 10.4. The number of benzene rings is 1. The summed E-state index contributed by atoms with van der Waals surface area (Å²) in [6.07, 6.45) is 4.90. The predicted octanol–water partition coefficient (Wildman–Crippen LogP) is 3.42. The highest BCUT2D eigenvalue weighted by molar-refractivity contribution is 5.97. The molecule has 1 unspecified atom stereocenters.